The summed E-state index contributed by atoms with van der Waals surface area (Å²) in [6, 6.07) is 17.6. The van der Waals surface area contributed by atoms with E-state index in [4.69, 9.17) is 9.47 Å². The Balaban J connectivity index is 0.00000280. The quantitative estimate of drug-likeness (QED) is 0.486. The fourth-order valence-electron chi connectivity index (χ4n) is 3.97. The molecule has 4 heteroatoms. The van der Waals surface area contributed by atoms with Gasteiger partial charge in [0.25, 0.3) is 0 Å². The maximum atomic E-state index is 6.15. The van der Waals surface area contributed by atoms with Crippen molar-refractivity contribution in [3.8, 4) is 11.5 Å². The fraction of sp³-hybridized carbons (Fsp3) is 0.500. The highest BCUT2D eigenvalue weighted by molar-refractivity contribution is 5.85. The third-order valence-corrected chi connectivity index (χ3v) is 5.65. The average Bonchev–Trinajstić information content (AvgIpc) is 3.11. The number of ether oxygens (including phenoxy) is 2. The van der Waals surface area contributed by atoms with Crippen LogP contribution >= 0.6 is 12.4 Å². The van der Waals surface area contributed by atoms with E-state index >= 15 is 0 Å². The van der Waals surface area contributed by atoms with E-state index in [0.717, 1.165) is 37.4 Å². The molecule has 0 bridgehead atoms. The van der Waals surface area contributed by atoms with Gasteiger partial charge in [-0.3, -0.25) is 0 Å². The van der Waals surface area contributed by atoms with E-state index in [-0.39, 0.29) is 12.4 Å². The van der Waals surface area contributed by atoms with Crippen LogP contribution in [0.3, 0.4) is 0 Å². The summed E-state index contributed by atoms with van der Waals surface area (Å²) >= 11 is 0. The number of unbranched alkanes of at least 4 members (excludes halogenated alkanes) is 1. The molecule has 0 saturated carbocycles. The Morgan fingerprint density at radius 2 is 1.86 bits per heavy atom. The summed E-state index contributed by atoms with van der Waals surface area (Å²) in [5.74, 6) is 2.01. The monoisotopic (exact) mass is 403 g/mol. The summed E-state index contributed by atoms with van der Waals surface area (Å²) < 4.78 is 11.5. The van der Waals surface area contributed by atoms with Crippen molar-refractivity contribution < 1.29 is 9.47 Å². The number of rotatable bonds is 10. The zero-order valence-electron chi connectivity index (χ0n) is 17.2. The largest absolute Gasteiger partial charge is 0.497 e. The predicted molar refractivity (Wildman–Crippen MR) is 119 cm³/mol. The van der Waals surface area contributed by atoms with E-state index in [1.165, 1.54) is 43.4 Å². The molecular weight excluding hydrogens is 370 g/mol. The van der Waals surface area contributed by atoms with E-state index in [2.05, 4.69) is 54.4 Å². The van der Waals surface area contributed by atoms with Crippen LogP contribution in [0.2, 0.25) is 0 Å². The van der Waals surface area contributed by atoms with Gasteiger partial charge in [0.2, 0.25) is 0 Å². The van der Waals surface area contributed by atoms with Gasteiger partial charge in [-0.25, -0.2) is 0 Å². The molecule has 0 N–H and O–H groups in total. The minimum atomic E-state index is 0. The molecule has 1 aliphatic rings. The van der Waals surface area contributed by atoms with Gasteiger partial charge in [-0.2, -0.15) is 0 Å². The zero-order valence-corrected chi connectivity index (χ0v) is 18.0. The summed E-state index contributed by atoms with van der Waals surface area (Å²) in [5, 5.41) is 0. The van der Waals surface area contributed by atoms with Gasteiger partial charge in [-0.05, 0) is 87.9 Å². The Kier molecular flexibility index (Phi) is 9.66. The smallest absolute Gasteiger partial charge is 0.122 e. The predicted octanol–water partition coefficient (Wildman–Crippen LogP) is 5.55. The van der Waals surface area contributed by atoms with Gasteiger partial charge >= 0.3 is 0 Å². The molecule has 0 radical (unpaired) electrons. The van der Waals surface area contributed by atoms with E-state index in [0.29, 0.717) is 6.04 Å². The van der Waals surface area contributed by atoms with Crippen molar-refractivity contribution in [3.05, 3.63) is 59.7 Å². The molecule has 3 rings (SSSR count). The molecule has 1 unspecified atom stereocenters. The third-order valence-electron chi connectivity index (χ3n) is 5.65. The highest BCUT2D eigenvalue weighted by atomic mass is 35.5. The number of nitrogens with zero attached hydrogens (tertiary/aromatic N) is 1. The third kappa shape index (κ3) is 6.72. The van der Waals surface area contributed by atoms with E-state index in [1.54, 1.807) is 7.11 Å². The van der Waals surface area contributed by atoms with Gasteiger partial charge in [0.15, 0.2) is 0 Å². The lowest BCUT2D eigenvalue weighted by Gasteiger charge is -2.20. The lowest BCUT2D eigenvalue weighted by atomic mass is 10.0. The number of likely N-dealkylation sites (tertiary alicyclic amines) is 1. The summed E-state index contributed by atoms with van der Waals surface area (Å²) in [7, 11) is 3.95. The molecule has 0 aliphatic carbocycles. The van der Waals surface area contributed by atoms with Crippen LogP contribution in [0.1, 0.15) is 43.2 Å². The number of aryl methyl sites for hydroxylation is 2. The molecule has 1 fully saturated rings. The molecule has 2 aromatic rings. The fourth-order valence-corrected chi connectivity index (χ4v) is 3.97. The van der Waals surface area contributed by atoms with Crippen molar-refractivity contribution in [2.75, 3.05) is 27.3 Å². The average molecular weight is 404 g/mol. The molecule has 0 aromatic heterocycles. The van der Waals surface area contributed by atoms with Crippen LogP contribution < -0.4 is 9.47 Å². The van der Waals surface area contributed by atoms with Gasteiger partial charge in [-0.15, -0.1) is 12.4 Å². The number of halogens is 1. The lowest BCUT2D eigenvalue weighted by Crippen LogP contribution is -2.26. The van der Waals surface area contributed by atoms with Crippen molar-refractivity contribution in [2.45, 2.75) is 51.0 Å². The van der Waals surface area contributed by atoms with Crippen LogP contribution in [0.5, 0.6) is 11.5 Å². The van der Waals surface area contributed by atoms with Crippen LogP contribution in [-0.4, -0.2) is 38.3 Å². The summed E-state index contributed by atoms with van der Waals surface area (Å²) in [4.78, 5) is 2.47. The van der Waals surface area contributed by atoms with Crippen molar-refractivity contribution in [2.24, 2.45) is 0 Å². The van der Waals surface area contributed by atoms with Crippen LogP contribution in [-0.2, 0) is 12.8 Å². The molecular formula is C24H34ClNO2. The van der Waals surface area contributed by atoms with Crippen molar-refractivity contribution in [1.29, 1.82) is 0 Å². The Labute approximate surface area is 176 Å². The normalized spacial score (nSPS) is 16.6. The Morgan fingerprint density at radius 3 is 2.64 bits per heavy atom. The number of benzene rings is 2. The van der Waals surface area contributed by atoms with Crippen LogP contribution in [0.15, 0.2) is 48.5 Å². The molecule has 1 saturated heterocycles. The zero-order chi connectivity index (χ0) is 18.9. The van der Waals surface area contributed by atoms with Gasteiger partial charge in [0.05, 0.1) is 13.7 Å². The Hall–Kier alpha value is -1.71. The van der Waals surface area contributed by atoms with Crippen molar-refractivity contribution >= 4 is 12.4 Å². The van der Waals surface area contributed by atoms with E-state index < -0.39 is 0 Å². The van der Waals surface area contributed by atoms with Gasteiger partial charge in [0, 0.05) is 6.04 Å². The number of methoxy groups -OCH3 is 1. The first-order chi connectivity index (χ1) is 13.3. The Bertz CT molecular complexity index is 707. The maximum Gasteiger partial charge on any atom is 0.122 e. The standard InChI is InChI=1S/C24H33NO2.ClH/c1-25-17-8-13-22(25)16-18-27-24-15-6-5-12-21(24)11-4-3-9-20-10-7-14-23(19-20)26-2;/h5-7,10,12,14-15,19,22H,3-4,8-9,11,13,16-18H2,1-2H3;1H. The van der Waals surface area contributed by atoms with E-state index in [1.807, 2.05) is 6.07 Å². The second-order valence-corrected chi connectivity index (χ2v) is 7.58. The van der Waals surface area contributed by atoms with Gasteiger partial charge in [-0.1, -0.05) is 30.3 Å². The highest BCUT2D eigenvalue weighted by Gasteiger charge is 2.20. The molecule has 1 aliphatic heterocycles. The minimum Gasteiger partial charge on any atom is -0.497 e. The van der Waals surface area contributed by atoms with Crippen LogP contribution in [0.4, 0.5) is 0 Å². The molecule has 0 spiro atoms. The van der Waals surface area contributed by atoms with Gasteiger partial charge in [0.1, 0.15) is 11.5 Å². The summed E-state index contributed by atoms with van der Waals surface area (Å²) in [6.07, 6.45) is 8.27. The first-order valence-electron chi connectivity index (χ1n) is 10.3. The second-order valence-electron chi connectivity index (χ2n) is 7.58. The van der Waals surface area contributed by atoms with E-state index in [9.17, 15) is 0 Å². The molecule has 154 valence electrons. The molecule has 1 atom stereocenters. The molecule has 2 aromatic carbocycles. The molecule has 3 nitrogen and oxygen atoms in total. The van der Waals surface area contributed by atoms with Crippen molar-refractivity contribution in [1.82, 2.24) is 4.90 Å². The van der Waals surface area contributed by atoms with Gasteiger partial charge < -0.3 is 14.4 Å². The Morgan fingerprint density at radius 1 is 1.04 bits per heavy atom. The second kappa shape index (κ2) is 12.0. The number of hydrogen-bond donors (Lipinski definition) is 0. The molecule has 28 heavy (non-hydrogen) atoms. The number of hydrogen-bond acceptors (Lipinski definition) is 3. The topological polar surface area (TPSA) is 21.7 Å². The SMILES string of the molecule is COc1cccc(CCCCc2ccccc2OCCC2CCCN2C)c1.Cl. The summed E-state index contributed by atoms with van der Waals surface area (Å²) in [5.41, 5.74) is 2.68. The first kappa shape index (κ1) is 22.6. The van der Waals surface area contributed by atoms with Crippen molar-refractivity contribution in [3.63, 3.8) is 0 Å². The lowest BCUT2D eigenvalue weighted by molar-refractivity contribution is 0.232. The highest BCUT2D eigenvalue weighted by Crippen LogP contribution is 2.23. The molecule has 0 amide bonds. The molecule has 1 heterocycles. The van der Waals surface area contributed by atoms with Crippen LogP contribution in [0, 0.1) is 0 Å². The number of para-hydroxylation sites is 1. The maximum absolute atomic E-state index is 6.15. The summed E-state index contributed by atoms with van der Waals surface area (Å²) in [6.45, 7) is 2.05. The first-order valence-corrected chi connectivity index (χ1v) is 10.3. The van der Waals surface area contributed by atoms with Crippen LogP contribution in [0.25, 0.3) is 0 Å². The minimum absolute atomic E-state index is 0.